The first-order valence-electron chi connectivity index (χ1n) is 10.6. The fourth-order valence-electron chi connectivity index (χ4n) is 6.53. The van der Waals surface area contributed by atoms with Gasteiger partial charge in [0.25, 0.3) is 5.69 Å². The Bertz CT molecular complexity index is 929. The summed E-state index contributed by atoms with van der Waals surface area (Å²) in [7, 11) is 0. The van der Waals surface area contributed by atoms with Gasteiger partial charge < -0.3 is 5.11 Å². The van der Waals surface area contributed by atoms with Gasteiger partial charge >= 0.3 is 0 Å². The molecule has 5 heteroatoms. The molecule has 4 fully saturated rings. The van der Waals surface area contributed by atoms with Gasteiger partial charge in [-0.3, -0.25) is 15.1 Å². The lowest BCUT2D eigenvalue weighted by molar-refractivity contribution is -0.385. The highest BCUT2D eigenvalue weighted by Gasteiger charge is 2.50. The number of non-ortho nitro benzene ring substituents is 1. The highest BCUT2D eigenvalue weighted by molar-refractivity contribution is 5.86. The SMILES string of the molecule is O=[N+]([O-])c1ccc([O-])c(C=Nc2ccc(CC34CC5CC(CC(C5)C3)C4)cc2)c1. The van der Waals surface area contributed by atoms with Crippen LogP contribution in [-0.2, 0) is 6.42 Å². The first kappa shape index (κ1) is 18.3. The maximum absolute atomic E-state index is 11.9. The molecule has 0 heterocycles. The van der Waals surface area contributed by atoms with Gasteiger partial charge in [-0.15, -0.1) is 0 Å². The summed E-state index contributed by atoms with van der Waals surface area (Å²) in [5, 5.41) is 22.8. The van der Waals surface area contributed by atoms with E-state index >= 15 is 0 Å². The van der Waals surface area contributed by atoms with Crippen molar-refractivity contribution in [1.82, 2.24) is 0 Å². The van der Waals surface area contributed by atoms with Crippen LogP contribution in [0, 0.1) is 33.3 Å². The maximum Gasteiger partial charge on any atom is 0.270 e. The minimum atomic E-state index is -0.504. The van der Waals surface area contributed by atoms with Crippen LogP contribution in [0.2, 0.25) is 0 Å². The Hall–Kier alpha value is -2.69. The van der Waals surface area contributed by atoms with E-state index in [1.807, 2.05) is 12.1 Å². The Morgan fingerprint density at radius 2 is 1.62 bits per heavy atom. The summed E-state index contributed by atoms with van der Waals surface area (Å²) >= 11 is 0. The normalized spacial score (nSPS) is 30.1. The molecule has 150 valence electrons. The molecule has 6 rings (SSSR count). The highest BCUT2D eigenvalue weighted by atomic mass is 16.6. The van der Waals surface area contributed by atoms with Crippen LogP contribution in [0.4, 0.5) is 11.4 Å². The third-order valence-corrected chi connectivity index (χ3v) is 7.24. The van der Waals surface area contributed by atoms with Crippen molar-refractivity contribution in [2.75, 3.05) is 0 Å². The molecule has 0 N–H and O–H groups in total. The van der Waals surface area contributed by atoms with Crippen molar-refractivity contribution < 1.29 is 10.0 Å². The molecule has 0 aromatic heterocycles. The summed E-state index contributed by atoms with van der Waals surface area (Å²) in [6, 6.07) is 12.0. The van der Waals surface area contributed by atoms with Gasteiger partial charge in [-0.05, 0) is 91.4 Å². The molecule has 0 aliphatic heterocycles. The van der Waals surface area contributed by atoms with Crippen molar-refractivity contribution in [3.8, 4) is 5.75 Å². The highest BCUT2D eigenvalue weighted by Crippen LogP contribution is 2.61. The zero-order chi connectivity index (χ0) is 20.0. The van der Waals surface area contributed by atoms with E-state index in [-0.39, 0.29) is 17.0 Å². The summed E-state index contributed by atoms with van der Waals surface area (Å²) < 4.78 is 0. The second-order valence-corrected chi connectivity index (χ2v) is 9.50. The van der Waals surface area contributed by atoms with E-state index in [1.165, 1.54) is 68.5 Å². The predicted octanol–water partition coefficient (Wildman–Crippen LogP) is 5.18. The van der Waals surface area contributed by atoms with E-state index in [9.17, 15) is 15.2 Å². The van der Waals surface area contributed by atoms with Crippen LogP contribution in [0.15, 0.2) is 47.5 Å². The molecule has 0 amide bonds. The Kier molecular flexibility index (Phi) is 4.41. The number of nitro groups is 1. The second kappa shape index (κ2) is 6.97. The molecule has 0 saturated heterocycles. The molecule has 4 aliphatic rings. The molecule has 4 saturated carbocycles. The maximum atomic E-state index is 11.9. The van der Waals surface area contributed by atoms with Crippen LogP contribution < -0.4 is 5.11 Å². The molecule has 4 aliphatic carbocycles. The van der Waals surface area contributed by atoms with E-state index in [2.05, 4.69) is 17.1 Å². The number of nitrogens with zero attached hydrogens (tertiary/aromatic N) is 2. The van der Waals surface area contributed by atoms with Crippen molar-refractivity contribution in [2.24, 2.45) is 28.2 Å². The third kappa shape index (κ3) is 3.66. The fourth-order valence-corrected chi connectivity index (χ4v) is 6.53. The molecule has 0 spiro atoms. The molecule has 0 atom stereocenters. The largest absolute Gasteiger partial charge is 0.872 e. The number of rotatable bonds is 5. The van der Waals surface area contributed by atoms with Crippen molar-refractivity contribution >= 4 is 17.6 Å². The molecule has 2 aromatic rings. The standard InChI is InChI=1S/C24H26N2O3/c27-23-6-5-22(26(28)29)10-20(23)15-25-21-3-1-16(2-4-21)11-24-12-17-7-18(13-24)9-19(8-17)14-24/h1-6,10,15,17-19,27H,7-9,11-14H2/p-1. The van der Waals surface area contributed by atoms with Gasteiger partial charge in [0.1, 0.15) is 0 Å². The van der Waals surface area contributed by atoms with Crippen molar-refractivity contribution in [1.29, 1.82) is 0 Å². The topological polar surface area (TPSA) is 78.6 Å². The van der Waals surface area contributed by atoms with Crippen molar-refractivity contribution in [3.63, 3.8) is 0 Å². The quantitative estimate of drug-likeness (QED) is 0.402. The lowest BCUT2D eigenvalue weighted by Crippen LogP contribution is -2.47. The summed E-state index contributed by atoms with van der Waals surface area (Å²) in [4.78, 5) is 14.8. The first-order valence-corrected chi connectivity index (χ1v) is 10.6. The van der Waals surface area contributed by atoms with E-state index in [0.717, 1.165) is 29.9 Å². The minimum absolute atomic E-state index is 0.100. The Balaban J connectivity index is 1.29. The predicted molar refractivity (Wildman–Crippen MR) is 111 cm³/mol. The zero-order valence-corrected chi connectivity index (χ0v) is 16.4. The van der Waals surface area contributed by atoms with E-state index in [1.54, 1.807) is 0 Å². The van der Waals surface area contributed by atoms with Crippen molar-refractivity contribution in [2.45, 2.75) is 44.9 Å². The van der Waals surface area contributed by atoms with Crippen LogP contribution >= 0.6 is 0 Å². The fraction of sp³-hybridized carbons (Fsp3) is 0.458. The van der Waals surface area contributed by atoms with Gasteiger partial charge in [0, 0.05) is 18.3 Å². The minimum Gasteiger partial charge on any atom is -0.872 e. The Labute approximate surface area is 170 Å². The molecule has 5 nitrogen and oxygen atoms in total. The number of hydrogen-bond donors (Lipinski definition) is 0. The summed E-state index contributed by atoms with van der Waals surface area (Å²) in [5.41, 5.74) is 2.77. The van der Waals surface area contributed by atoms with Gasteiger partial charge in [-0.2, -0.15) is 0 Å². The van der Waals surface area contributed by atoms with Gasteiger partial charge in [0.15, 0.2) is 0 Å². The lowest BCUT2D eigenvalue weighted by atomic mass is 9.48. The molecule has 0 radical (unpaired) electrons. The van der Waals surface area contributed by atoms with E-state index in [4.69, 9.17) is 0 Å². The smallest absolute Gasteiger partial charge is 0.270 e. The molecule has 0 unspecified atom stereocenters. The van der Waals surface area contributed by atoms with Crippen LogP contribution in [0.25, 0.3) is 0 Å². The Morgan fingerprint density at radius 1 is 1.00 bits per heavy atom. The monoisotopic (exact) mass is 389 g/mol. The average molecular weight is 389 g/mol. The average Bonchev–Trinajstić information content (AvgIpc) is 2.67. The summed E-state index contributed by atoms with van der Waals surface area (Å²) in [6.45, 7) is 0. The van der Waals surface area contributed by atoms with Gasteiger partial charge in [-0.25, -0.2) is 0 Å². The lowest BCUT2D eigenvalue weighted by Gasteiger charge is -2.57. The van der Waals surface area contributed by atoms with Crippen LogP contribution in [-0.4, -0.2) is 11.1 Å². The molecule has 2 aromatic carbocycles. The second-order valence-electron chi connectivity index (χ2n) is 9.50. The van der Waals surface area contributed by atoms with Gasteiger partial charge in [0.05, 0.1) is 10.6 Å². The molecule has 4 bridgehead atoms. The number of hydrogen-bond acceptors (Lipinski definition) is 4. The van der Waals surface area contributed by atoms with E-state index < -0.39 is 4.92 Å². The van der Waals surface area contributed by atoms with Crippen molar-refractivity contribution in [3.05, 3.63) is 63.7 Å². The van der Waals surface area contributed by atoms with Gasteiger partial charge in [-0.1, -0.05) is 23.9 Å². The van der Waals surface area contributed by atoms with Crippen LogP contribution in [0.3, 0.4) is 0 Å². The number of aliphatic imine (C=N–C) groups is 1. The van der Waals surface area contributed by atoms with Crippen LogP contribution in [0.5, 0.6) is 5.75 Å². The Morgan fingerprint density at radius 3 is 2.21 bits per heavy atom. The first-order chi connectivity index (χ1) is 14.0. The number of nitro benzene ring substituents is 1. The van der Waals surface area contributed by atoms with Gasteiger partial charge in [0.2, 0.25) is 0 Å². The molecular weight excluding hydrogens is 364 g/mol. The van der Waals surface area contributed by atoms with Crippen LogP contribution in [0.1, 0.15) is 49.7 Å². The van der Waals surface area contributed by atoms with E-state index in [0.29, 0.717) is 5.41 Å². The summed E-state index contributed by atoms with van der Waals surface area (Å²) in [5.74, 6) is 2.61. The number of benzene rings is 2. The zero-order valence-electron chi connectivity index (χ0n) is 16.4. The molecule has 29 heavy (non-hydrogen) atoms. The third-order valence-electron chi connectivity index (χ3n) is 7.24. The summed E-state index contributed by atoms with van der Waals surface area (Å²) in [6.07, 6.45) is 11.2. The molecular formula is C24H25N2O3-.